The number of nitrogens with one attached hydrogen (secondary N) is 1. The number of thiophene rings is 1. The van der Waals surface area contributed by atoms with Crippen molar-refractivity contribution in [1.29, 1.82) is 0 Å². The molecule has 1 aliphatic heterocycles. The molecule has 2 aromatic heterocycles. The first-order valence-corrected chi connectivity index (χ1v) is 11.4. The Morgan fingerprint density at radius 1 is 1.14 bits per heavy atom. The summed E-state index contributed by atoms with van der Waals surface area (Å²) in [5.74, 6) is 2.55. The number of aromatic amines is 1. The van der Waals surface area contributed by atoms with Crippen LogP contribution in [0.4, 0.5) is 0 Å². The van der Waals surface area contributed by atoms with Crippen molar-refractivity contribution >= 4 is 21.6 Å². The first kappa shape index (κ1) is 18.1. The molecule has 3 unspecified atom stereocenters. The fourth-order valence-electron chi connectivity index (χ4n) is 5.15. The van der Waals surface area contributed by atoms with Gasteiger partial charge in [-0.25, -0.2) is 4.98 Å². The second kappa shape index (κ2) is 7.45. The van der Waals surface area contributed by atoms with Gasteiger partial charge < -0.3 is 4.98 Å². The molecular formula is C23H27N3OS. The molecule has 1 aromatic carbocycles. The molecule has 1 aliphatic carbocycles. The van der Waals surface area contributed by atoms with E-state index in [1.807, 2.05) is 30.3 Å². The summed E-state index contributed by atoms with van der Waals surface area (Å²) < 4.78 is 0. The van der Waals surface area contributed by atoms with Gasteiger partial charge in [0, 0.05) is 17.5 Å². The molecule has 5 rings (SSSR count). The number of H-pyrrole nitrogens is 1. The molecule has 3 heterocycles. The molecule has 0 amide bonds. The monoisotopic (exact) mass is 393 g/mol. The number of hydrogen-bond acceptors (Lipinski definition) is 4. The zero-order chi connectivity index (χ0) is 19.1. The highest BCUT2D eigenvalue weighted by Crippen LogP contribution is 2.38. The number of hydrogen-bond donors (Lipinski definition) is 1. The topological polar surface area (TPSA) is 49.0 Å². The molecular weight excluding hydrogens is 366 g/mol. The summed E-state index contributed by atoms with van der Waals surface area (Å²) in [5.41, 5.74) is 2.04. The van der Waals surface area contributed by atoms with Crippen molar-refractivity contribution in [2.75, 3.05) is 13.1 Å². The lowest BCUT2D eigenvalue weighted by molar-refractivity contribution is 0.0591. The van der Waals surface area contributed by atoms with Crippen LogP contribution in [0.1, 0.15) is 50.9 Å². The molecule has 0 spiro atoms. The third-order valence-corrected chi connectivity index (χ3v) is 7.69. The van der Waals surface area contributed by atoms with Crippen LogP contribution >= 0.6 is 11.3 Å². The number of aromatic nitrogens is 2. The number of benzene rings is 1. The minimum atomic E-state index is -0.0143. The van der Waals surface area contributed by atoms with E-state index in [1.54, 1.807) is 11.3 Å². The number of fused-ring (bicyclic) bond motifs is 2. The Balaban J connectivity index is 1.44. The maximum Gasteiger partial charge on any atom is 0.260 e. The predicted molar refractivity (Wildman–Crippen MR) is 116 cm³/mol. The summed E-state index contributed by atoms with van der Waals surface area (Å²) in [6, 6.07) is 10.3. The van der Waals surface area contributed by atoms with E-state index in [1.165, 1.54) is 32.1 Å². The van der Waals surface area contributed by atoms with Crippen LogP contribution in [0.5, 0.6) is 0 Å². The molecule has 1 saturated carbocycles. The van der Waals surface area contributed by atoms with Crippen molar-refractivity contribution in [3.05, 3.63) is 51.9 Å². The molecule has 1 N–H and O–H groups in total. The van der Waals surface area contributed by atoms with Gasteiger partial charge in [-0.2, -0.15) is 0 Å². The molecule has 5 heteroatoms. The number of rotatable bonds is 3. The van der Waals surface area contributed by atoms with Crippen molar-refractivity contribution in [2.24, 2.45) is 11.8 Å². The average molecular weight is 394 g/mol. The highest BCUT2D eigenvalue weighted by Gasteiger charge is 2.33. The summed E-state index contributed by atoms with van der Waals surface area (Å²) >= 11 is 1.57. The van der Waals surface area contributed by atoms with Crippen molar-refractivity contribution < 1.29 is 0 Å². The Labute approximate surface area is 169 Å². The molecule has 0 radical (unpaired) electrons. The second-order valence-electron chi connectivity index (χ2n) is 8.41. The standard InChI is InChI=1S/C23H27N3OS/c1-15(26-12-11-16-7-5-6-10-18(16)13-26)21-24-22(27)20-19(14-28-23(20)25-21)17-8-3-2-4-9-17/h2-4,8-9,14-16,18H,5-7,10-13H2,1H3,(H,24,25,27). The Hall–Kier alpha value is -1.98. The van der Waals surface area contributed by atoms with Crippen molar-refractivity contribution in [1.82, 2.24) is 14.9 Å². The zero-order valence-electron chi connectivity index (χ0n) is 16.4. The van der Waals surface area contributed by atoms with Crippen LogP contribution in [-0.2, 0) is 0 Å². The van der Waals surface area contributed by atoms with Crippen LogP contribution in [0.2, 0.25) is 0 Å². The van der Waals surface area contributed by atoms with E-state index in [9.17, 15) is 4.79 Å². The average Bonchev–Trinajstić information content (AvgIpc) is 3.18. The van der Waals surface area contributed by atoms with Gasteiger partial charge in [-0.05, 0) is 43.7 Å². The van der Waals surface area contributed by atoms with E-state index in [0.717, 1.165) is 52.1 Å². The maximum atomic E-state index is 13.0. The predicted octanol–water partition coefficient (Wildman–Crippen LogP) is 5.22. The number of piperidine rings is 1. The molecule has 2 aliphatic rings. The Morgan fingerprint density at radius 2 is 1.93 bits per heavy atom. The molecule has 3 atom stereocenters. The molecule has 28 heavy (non-hydrogen) atoms. The molecule has 0 bridgehead atoms. The molecule has 4 nitrogen and oxygen atoms in total. The van der Waals surface area contributed by atoms with Crippen molar-refractivity contribution in [2.45, 2.75) is 45.1 Å². The smallest absolute Gasteiger partial charge is 0.260 e. The Morgan fingerprint density at radius 3 is 2.75 bits per heavy atom. The minimum Gasteiger partial charge on any atom is -0.309 e. The number of likely N-dealkylation sites (tertiary alicyclic amines) is 1. The van der Waals surface area contributed by atoms with Gasteiger partial charge in [0.05, 0.1) is 11.4 Å². The van der Waals surface area contributed by atoms with E-state index >= 15 is 0 Å². The van der Waals surface area contributed by atoms with Crippen molar-refractivity contribution in [3.63, 3.8) is 0 Å². The molecule has 2 fully saturated rings. The quantitative estimate of drug-likeness (QED) is 0.663. The van der Waals surface area contributed by atoms with Gasteiger partial charge in [0.15, 0.2) is 0 Å². The van der Waals surface area contributed by atoms with Crippen LogP contribution < -0.4 is 5.56 Å². The molecule has 3 aromatic rings. The van der Waals surface area contributed by atoms with Gasteiger partial charge in [-0.1, -0.05) is 49.6 Å². The minimum absolute atomic E-state index is 0.0143. The second-order valence-corrected chi connectivity index (χ2v) is 9.27. The highest BCUT2D eigenvalue weighted by molar-refractivity contribution is 7.17. The van der Waals surface area contributed by atoms with Crippen molar-refractivity contribution in [3.8, 4) is 11.1 Å². The lowest BCUT2D eigenvalue weighted by atomic mass is 9.75. The fourth-order valence-corrected chi connectivity index (χ4v) is 6.10. The van der Waals surface area contributed by atoms with E-state index in [-0.39, 0.29) is 11.6 Å². The Bertz CT molecular complexity index is 1030. The lowest BCUT2D eigenvalue weighted by Crippen LogP contribution is -2.43. The van der Waals surface area contributed by atoms with Gasteiger partial charge in [0.2, 0.25) is 0 Å². The first-order valence-electron chi connectivity index (χ1n) is 10.5. The van der Waals surface area contributed by atoms with Gasteiger partial charge in [-0.3, -0.25) is 9.69 Å². The van der Waals surface area contributed by atoms with Crippen LogP contribution in [0.25, 0.3) is 21.3 Å². The van der Waals surface area contributed by atoms with Crippen LogP contribution in [0, 0.1) is 11.8 Å². The lowest BCUT2D eigenvalue weighted by Gasteiger charge is -2.43. The summed E-state index contributed by atoms with van der Waals surface area (Å²) in [6.45, 7) is 4.45. The summed E-state index contributed by atoms with van der Waals surface area (Å²) in [5, 5.41) is 2.78. The van der Waals surface area contributed by atoms with Gasteiger partial charge in [0.25, 0.3) is 5.56 Å². The largest absolute Gasteiger partial charge is 0.309 e. The third kappa shape index (κ3) is 3.20. The third-order valence-electron chi connectivity index (χ3n) is 6.81. The first-order chi connectivity index (χ1) is 13.7. The SMILES string of the molecule is CC(c1nc2scc(-c3ccccc3)c2c(=O)[nH]1)N1CCC2CCCCC2C1. The summed E-state index contributed by atoms with van der Waals surface area (Å²) in [6.07, 6.45) is 6.85. The van der Waals surface area contributed by atoms with Gasteiger partial charge in [0.1, 0.15) is 10.7 Å². The summed E-state index contributed by atoms with van der Waals surface area (Å²) in [4.78, 5) is 24.3. The van der Waals surface area contributed by atoms with E-state index in [4.69, 9.17) is 4.98 Å². The van der Waals surface area contributed by atoms with Gasteiger partial charge >= 0.3 is 0 Å². The van der Waals surface area contributed by atoms with E-state index < -0.39 is 0 Å². The highest BCUT2D eigenvalue weighted by atomic mass is 32.1. The fraction of sp³-hybridized carbons (Fsp3) is 0.478. The zero-order valence-corrected chi connectivity index (χ0v) is 17.2. The molecule has 1 saturated heterocycles. The number of nitrogens with zero attached hydrogens (tertiary/aromatic N) is 2. The normalized spacial score (nSPS) is 24.2. The van der Waals surface area contributed by atoms with Gasteiger partial charge in [-0.15, -0.1) is 11.3 Å². The molecule has 146 valence electrons. The van der Waals surface area contributed by atoms with Crippen LogP contribution in [0.15, 0.2) is 40.5 Å². The Kier molecular flexibility index (Phi) is 4.81. The summed E-state index contributed by atoms with van der Waals surface area (Å²) in [7, 11) is 0. The van der Waals surface area contributed by atoms with E-state index in [2.05, 4.69) is 22.2 Å². The van der Waals surface area contributed by atoms with E-state index in [0.29, 0.717) is 0 Å². The van der Waals surface area contributed by atoms with Crippen LogP contribution in [0.3, 0.4) is 0 Å². The van der Waals surface area contributed by atoms with Crippen LogP contribution in [-0.4, -0.2) is 28.0 Å². The maximum absolute atomic E-state index is 13.0.